The number of hydrogen-bond donors (Lipinski definition) is 1. The first-order valence-electron chi connectivity index (χ1n) is 7.49. The van der Waals surface area contributed by atoms with Crippen LogP contribution in [0.1, 0.15) is 32.3 Å². The molecular weight excluding hydrogens is 310 g/mol. The van der Waals surface area contributed by atoms with Crippen LogP contribution in [0, 0.1) is 0 Å². The molecule has 3 rings (SSSR count). The summed E-state index contributed by atoms with van der Waals surface area (Å²) in [5.74, 6) is 1.40. The van der Waals surface area contributed by atoms with Crippen LogP contribution in [0.4, 0.5) is 0 Å². The van der Waals surface area contributed by atoms with Crippen molar-refractivity contribution in [2.24, 2.45) is 5.73 Å². The van der Waals surface area contributed by atoms with E-state index in [0.29, 0.717) is 18.7 Å². The van der Waals surface area contributed by atoms with E-state index in [1.165, 1.54) is 7.11 Å². The number of ether oxygens (including phenoxy) is 2. The Morgan fingerprint density at radius 2 is 2.13 bits per heavy atom. The largest absolute Gasteiger partial charge is 0.489 e. The van der Waals surface area contributed by atoms with E-state index in [9.17, 15) is 4.79 Å². The van der Waals surface area contributed by atoms with E-state index < -0.39 is 0 Å². The molecule has 0 saturated heterocycles. The Hall–Kier alpha value is -1.98. The van der Waals surface area contributed by atoms with Crippen molar-refractivity contribution in [2.75, 3.05) is 19.4 Å². The first-order chi connectivity index (χ1) is 11.2. The molecule has 0 saturated carbocycles. The molecule has 1 atom stereocenters. The van der Waals surface area contributed by atoms with Gasteiger partial charge < -0.3 is 15.2 Å². The number of methoxy groups -OCH3 is 1. The maximum absolute atomic E-state index is 11.9. The highest BCUT2D eigenvalue weighted by atomic mass is 32.2. The van der Waals surface area contributed by atoms with Crippen molar-refractivity contribution >= 4 is 17.7 Å². The zero-order valence-corrected chi connectivity index (χ0v) is 13.8. The number of fused-ring (bicyclic) bond motifs is 2. The molecule has 0 radical (unpaired) electrons. The van der Waals surface area contributed by atoms with Gasteiger partial charge in [0.15, 0.2) is 0 Å². The highest BCUT2D eigenvalue weighted by molar-refractivity contribution is 7.99. The molecule has 1 heterocycles. The molecule has 5 heteroatoms. The average molecular weight is 329 g/mol. The lowest BCUT2D eigenvalue weighted by molar-refractivity contribution is 0.0600. The summed E-state index contributed by atoms with van der Waals surface area (Å²) in [4.78, 5) is 11.9. The highest BCUT2D eigenvalue weighted by Crippen LogP contribution is 2.44. The lowest BCUT2D eigenvalue weighted by Crippen LogP contribution is -2.08. The molecule has 2 aromatic carbocycles. The normalized spacial score (nSPS) is 15.8. The number of thioether (sulfide) groups is 1. The van der Waals surface area contributed by atoms with E-state index >= 15 is 0 Å². The summed E-state index contributed by atoms with van der Waals surface area (Å²) in [5, 5.41) is 0.0943. The van der Waals surface area contributed by atoms with Gasteiger partial charge in [0.05, 0.1) is 17.9 Å². The van der Waals surface area contributed by atoms with Gasteiger partial charge in [0, 0.05) is 17.9 Å². The fraction of sp³-hybridized carbons (Fsp3) is 0.278. The molecule has 0 aromatic heterocycles. The quantitative estimate of drug-likeness (QED) is 0.873. The van der Waals surface area contributed by atoms with Crippen molar-refractivity contribution in [3.8, 4) is 5.75 Å². The topological polar surface area (TPSA) is 61.5 Å². The molecule has 0 fully saturated rings. The van der Waals surface area contributed by atoms with Gasteiger partial charge in [0.2, 0.25) is 0 Å². The Morgan fingerprint density at radius 3 is 2.91 bits per heavy atom. The van der Waals surface area contributed by atoms with Crippen molar-refractivity contribution in [3.63, 3.8) is 0 Å². The zero-order chi connectivity index (χ0) is 16.2. The van der Waals surface area contributed by atoms with Crippen LogP contribution in [-0.2, 0) is 11.3 Å². The number of carbonyl (C=O) groups excluding carboxylic acids is 1. The van der Waals surface area contributed by atoms with Crippen LogP contribution in [-0.4, -0.2) is 25.4 Å². The number of rotatable bonds is 4. The molecule has 1 aliphatic rings. The minimum Gasteiger partial charge on any atom is -0.489 e. The third-order valence-corrected chi connectivity index (χ3v) is 5.15. The Bertz CT molecular complexity index is 717. The van der Waals surface area contributed by atoms with Crippen molar-refractivity contribution < 1.29 is 14.3 Å². The van der Waals surface area contributed by atoms with E-state index in [4.69, 9.17) is 15.2 Å². The minimum absolute atomic E-state index is 0.0943. The van der Waals surface area contributed by atoms with Gasteiger partial charge in [-0.05, 0) is 29.3 Å². The van der Waals surface area contributed by atoms with Gasteiger partial charge in [-0.3, -0.25) is 0 Å². The standard InChI is InChI=1S/C18H19NO3S/c1-21-18(20)12-6-7-13-11-22-16-5-3-2-4-14(16)17(15(13)10-12)23-9-8-19/h2-7,10,17H,8-9,11,19H2,1H3. The first kappa shape index (κ1) is 15.9. The fourth-order valence-electron chi connectivity index (χ4n) is 2.73. The average Bonchev–Trinajstić information content (AvgIpc) is 2.75. The van der Waals surface area contributed by atoms with Crippen LogP contribution in [0.5, 0.6) is 5.75 Å². The van der Waals surface area contributed by atoms with Crippen LogP contribution >= 0.6 is 11.8 Å². The molecule has 1 unspecified atom stereocenters. The second-order valence-corrected chi connectivity index (χ2v) is 6.48. The molecule has 4 nitrogen and oxygen atoms in total. The third kappa shape index (κ3) is 3.21. The van der Waals surface area contributed by atoms with Crippen molar-refractivity contribution in [3.05, 3.63) is 64.7 Å². The van der Waals surface area contributed by atoms with Gasteiger partial charge in [0.1, 0.15) is 12.4 Å². The molecule has 2 N–H and O–H groups in total. The molecule has 0 aliphatic carbocycles. The summed E-state index contributed by atoms with van der Waals surface area (Å²) in [5.41, 5.74) is 9.55. The maximum atomic E-state index is 11.9. The van der Waals surface area contributed by atoms with Crippen molar-refractivity contribution in [1.82, 2.24) is 0 Å². The van der Waals surface area contributed by atoms with E-state index in [1.807, 2.05) is 30.3 Å². The monoisotopic (exact) mass is 329 g/mol. The Morgan fingerprint density at radius 1 is 1.30 bits per heavy atom. The third-order valence-electron chi connectivity index (χ3n) is 3.84. The van der Waals surface area contributed by atoms with Gasteiger partial charge in [-0.2, -0.15) is 0 Å². The highest BCUT2D eigenvalue weighted by Gasteiger charge is 2.25. The van der Waals surface area contributed by atoms with Crippen LogP contribution < -0.4 is 10.5 Å². The van der Waals surface area contributed by atoms with Crippen LogP contribution in [0.25, 0.3) is 0 Å². The van der Waals surface area contributed by atoms with E-state index in [1.54, 1.807) is 17.8 Å². The number of esters is 1. The SMILES string of the molecule is COC(=O)c1ccc2c(c1)C(SCCN)c1ccccc1OC2. The summed E-state index contributed by atoms with van der Waals surface area (Å²) in [6.45, 7) is 1.10. The molecule has 0 spiro atoms. The lowest BCUT2D eigenvalue weighted by Gasteiger charge is -2.19. The predicted molar refractivity (Wildman–Crippen MR) is 91.9 cm³/mol. The van der Waals surface area contributed by atoms with Gasteiger partial charge in [-0.1, -0.05) is 24.3 Å². The molecular formula is C18H19NO3S. The summed E-state index contributed by atoms with van der Waals surface area (Å²) < 4.78 is 10.8. The van der Waals surface area contributed by atoms with Crippen LogP contribution in [0.2, 0.25) is 0 Å². The van der Waals surface area contributed by atoms with Crippen LogP contribution in [0.3, 0.4) is 0 Å². The number of carbonyl (C=O) groups is 1. The molecule has 120 valence electrons. The number of para-hydroxylation sites is 1. The summed E-state index contributed by atoms with van der Waals surface area (Å²) in [6, 6.07) is 13.7. The molecule has 2 aromatic rings. The van der Waals surface area contributed by atoms with E-state index in [2.05, 4.69) is 6.07 Å². The molecule has 1 aliphatic heterocycles. The maximum Gasteiger partial charge on any atom is 0.337 e. The van der Waals surface area contributed by atoms with Gasteiger partial charge >= 0.3 is 5.97 Å². The molecule has 23 heavy (non-hydrogen) atoms. The number of nitrogens with two attached hydrogens (primary N) is 1. The second kappa shape index (κ2) is 7.06. The van der Waals surface area contributed by atoms with E-state index in [0.717, 1.165) is 28.2 Å². The Kier molecular flexibility index (Phi) is 4.88. The first-order valence-corrected chi connectivity index (χ1v) is 8.54. The summed E-state index contributed by atoms with van der Waals surface area (Å²) in [7, 11) is 1.40. The van der Waals surface area contributed by atoms with E-state index in [-0.39, 0.29) is 11.2 Å². The Labute approximate surface area is 140 Å². The predicted octanol–water partition coefficient (Wildman–Crippen LogP) is 3.15. The number of benzene rings is 2. The smallest absolute Gasteiger partial charge is 0.337 e. The Balaban J connectivity index is 2.10. The van der Waals surface area contributed by atoms with Crippen molar-refractivity contribution in [2.45, 2.75) is 11.9 Å². The zero-order valence-electron chi connectivity index (χ0n) is 13.0. The van der Waals surface area contributed by atoms with Crippen LogP contribution in [0.15, 0.2) is 42.5 Å². The fourth-order valence-corrected chi connectivity index (χ4v) is 3.88. The van der Waals surface area contributed by atoms with Gasteiger partial charge in [-0.25, -0.2) is 4.79 Å². The summed E-state index contributed by atoms with van der Waals surface area (Å²) >= 11 is 1.77. The van der Waals surface area contributed by atoms with Crippen molar-refractivity contribution in [1.29, 1.82) is 0 Å². The molecule has 0 bridgehead atoms. The lowest BCUT2D eigenvalue weighted by atomic mass is 9.97. The minimum atomic E-state index is -0.325. The second-order valence-electron chi connectivity index (χ2n) is 5.27. The van der Waals surface area contributed by atoms with Gasteiger partial charge in [0.25, 0.3) is 0 Å². The molecule has 0 amide bonds. The summed E-state index contributed by atoms with van der Waals surface area (Å²) in [6.07, 6.45) is 0. The van der Waals surface area contributed by atoms with Gasteiger partial charge in [-0.15, -0.1) is 11.8 Å². The number of hydrogen-bond acceptors (Lipinski definition) is 5.